The van der Waals surface area contributed by atoms with Crippen LogP contribution in [0.5, 0.6) is 5.75 Å². The number of ether oxygens (including phenoxy) is 1. The summed E-state index contributed by atoms with van der Waals surface area (Å²) in [5.41, 5.74) is 4.84. The highest BCUT2D eigenvalue weighted by Gasteiger charge is 2.35. The maximum absolute atomic E-state index is 14.4. The van der Waals surface area contributed by atoms with E-state index in [-0.39, 0.29) is 24.9 Å². The predicted octanol–water partition coefficient (Wildman–Crippen LogP) is 6.81. The summed E-state index contributed by atoms with van der Waals surface area (Å²) in [6.45, 7) is 6.80. The van der Waals surface area contributed by atoms with Crippen molar-refractivity contribution in [2.45, 2.75) is 63.6 Å². The quantitative estimate of drug-likeness (QED) is 0.260. The maximum atomic E-state index is 14.4. The zero-order chi connectivity index (χ0) is 29.2. The molecular formula is C31H39FN2O5S. The van der Waals surface area contributed by atoms with Gasteiger partial charge in [-0.15, -0.1) is 10.8 Å². The number of carbonyl (C=O) groups is 1. The fourth-order valence-electron chi connectivity index (χ4n) is 5.45. The Balaban J connectivity index is 1.78. The first kappa shape index (κ1) is 30.0. The van der Waals surface area contributed by atoms with Gasteiger partial charge in [0.05, 0.1) is 13.0 Å². The second-order valence-electron chi connectivity index (χ2n) is 10.8. The van der Waals surface area contributed by atoms with Crippen LogP contribution in [0.25, 0.3) is 0 Å². The Morgan fingerprint density at radius 2 is 1.82 bits per heavy atom. The molecule has 0 amide bonds. The van der Waals surface area contributed by atoms with Crippen molar-refractivity contribution in [2.75, 3.05) is 20.6 Å². The molecule has 2 unspecified atom stereocenters. The van der Waals surface area contributed by atoms with Crippen molar-refractivity contribution >= 4 is 16.7 Å². The number of halogens is 1. The van der Waals surface area contributed by atoms with Crippen molar-refractivity contribution in [1.29, 1.82) is 0 Å². The van der Waals surface area contributed by atoms with E-state index in [4.69, 9.17) is 4.74 Å². The first-order valence-corrected chi connectivity index (χ1v) is 14.9. The molecule has 3 N–H and O–H groups in total. The second-order valence-corrected chi connectivity index (χ2v) is 12.8. The number of carboxylic acid groups (broad SMARTS) is 1. The lowest BCUT2D eigenvalue weighted by Crippen LogP contribution is -2.34. The van der Waals surface area contributed by atoms with Crippen LogP contribution < -0.4 is 4.74 Å². The molecule has 2 atom stereocenters. The van der Waals surface area contributed by atoms with Gasteiger partial charge >= 0.3 is 5.97 Å². The number of hydrogen-bond donors (Lipinski definition) is 3. The minimum Gasteiger partial charge on any atom is -0.487 e. The fraction of sp³-hybridized carbons (Fsp3) is 0.387. The molecule has 0 radical (unpaired) electrons. The lowest BCUT2D eigenvalue weighted by Gasteiger charge is -2.42. The average molecular weight is 571 g/mol. The van der Waals surface area contributed by atoms with Gasteiger partial charge in [-0.25, -0.2) is 4.39 Å². The van der Waals surface area contributed by atoms with Crippen LogP contribution in [0.4, 0.5) is 4.39 Å². The van der Waals surface area contributed by atoms with E-state index in [0.717, 1.165) is 27.8 Å². The second kappa shape index (κ2) is 12.3. The molecule has 0 saturated carbocycles. The molecule has 4 rings (SSSR count). The summed E-state index contributed by atoms with van der Waals surface area (Å²) in [4.78, 5) is 14.4. The zero-order valence-electron chi connectivity index (χ0n) is 23.7. The van der Waals surface area contributed by atoms with Crippen LogP contribution in [-0.2, 0) is 17.9 Å². The lowest BCUT2D eigenvalue weighted by molar-refractivity contribution is -0.137. The lowest BCUT2D eigenvalue weighted by atomic mass is 9.82. The summed E-state index contributed by atoms with van der Waals surface area (Å²) in [5, 5.41) is 9.89. The van der Waals surface area contributed by atoms with E-state index in [0.29, 0.717) is 35.7 Å². The van der Waals surface area contributed by atoms with E-state index in [9.17, 15) is 23.4 Å². The first-order valence-electron chi connectivity index (χ1n) is 13.4. The van der Waals surface area contributed by atoms with E-state index in [1.165, 1.54) is 12.1 Å². The van der Waals surface area contributed by atoms with E-state index >= 15 is 0 Å². The van der Waals surface area contributed by atoms with E-state index in [1.54, 1.807) is 22.5 Å². The molecule has 0 spiro atoms. The Morgan fingerprint density at radius 3 is 2.50 bits per heavy atom. The van der Waals surface area contributed by atoms with Crippen LogP contribution >= 0.6 is 10.8 Å². The summed E-state index contributed by atoms with van der Waals surface area (Å²) in [6.07, 6.45) is 0.306. The van der Waals surface area contributed by atoms with Crippen molar-refractivity contribution in [1.82, 2.24) is 9.21 Å². The minimum absolute atomic E-state index is 0.159. The normalized spacial score (nSPS) is 18.5. The van der Waals surface area contributed by atoms with Crippen molar-refractivity contribution in [2.24, 2.45) is 0 Å². The number of rotatable bonds is 9. The van der Waals surface area contributed by atoms with Crippen molar-refractivity contribution in [3.63, 3.8) is 0 Å². The average Bonchev–Trinajstić information content (AvgIpc) is 2.97. The molecule has 3 aromatic rings. The molecule has 0 aromatic heterocycles. The monoisotopic (exact) mass is 570 g/mol. The largest absolute Gasteiger partial charge is 0.487 e. The smallest absolute Gasteiger partial charge is 0.304 e. The molecule has 216 valence electrons. The molecule has 9 heteroatoms. The maximum Gasteiger partial charge on any atom is 0.304 e. The van der Waals surface area contributed by atoms with Gasteiger partial charge in [0.2, 0.25) is 0 Å². The topological polar surface area (TPSA) is 93.5 Å². The molecule has 40 heavy (non-hydrogen) atoms. The highest BCUT2D eigenvalue weighted by atomic mass is 32.3. The minimum atomic E-state index is -3.35. The first-order chi connectivity index (χ1) is 18.9. The van der Waals surface area contributed by atoms with Crippen LogP contribution in [0.15, 0.2) is 59.5 Å². The van der Waals surface area contributed by atoms with Gasteiger partial charge in [0, 0.05) is 19.0 Å². The van der Waals surface area contributed by atoms with E-state index in [2.05, 4.69) is 0 Å². The van der Waals surface area contributed by atoms with Gasteiger partial charge in [-0.1, -0.05) is 37.3 Å². The van der Waals surface area contributed by atoms with Gasteiger partial charge in [-0.2, -0.15) is 4.31 Å². The highest BCUT2D eigenvalue weighted by Crippen LogP contribution is 2.57. The molecular weight excluding hydrogens is 531 g/mol. The Morgan fingerprint density at radius 1 is 1.10 bits per heavy atom. The Bertz CT molecular complexity index is 1380. The summed E-state index contributed by atoms with van der Waals surface area (Å²) >= 11 is 0. The third-order valence-corrected chi connectivity index (χ3v) is 9.36. The number of aliphatic carboxylic acids is 1. The van der Waals surface area contributed by atoms with Crippen LogP contribution in [0.3, 0.4) is 0 Å². The van der Waals surface area contributed by atoms with Gasteiger partial charge in [-0.05, 0) is 92.0 Å². The number of nitrogens with zero attached hydrogens (tertiary/aromatic N) is 2. The molecule has 3 aromatic carbocycles. The number of fused-ring (bicyclic) bond motifs is 1. The molecule has 7 nitrogen and oxygen atoms in total. The van der Waals surface area contributed by atoms with Crippen LogP contribution in [0.1, 0.15) is 59.1 Å². The summed E-state index contributed by atoms with van der Waals surface area (Å²) in [5.74, 6) is -1.34. The molecule has 1 heterocycles. The van der Waals surface area contributed by atoms with Crippen LogP contribution in [0, 0.1) is 19.7 Å². The zero-order valence-corrected chi connectivity index (χ0v) is 24.5. The number of para-hydroxylation sites is 1. The Labute approximate surface area is 237 Å². The number of aryl methyl sites for hydroxylation is 2. The predicted molar refractivity (Wildman–Crippen MR) is 156 cm³/mol. The van der Waals surface area contributed by atoms with Gasteiger partial charge in [0.15, 0.2) is 0 Å². The van der Waals surface area contributed by atoms with Gasteiger partial charge in [0.25, 0.3) is 0 Å². The van der Waals surface area contributed by atoms with Crippen LogP contribution in [-0.4, -0.2) is 56.1 Å². The molecule has 0 fully saturated rings. The molecule has 0 aliphatic carbocycles. The SMILES string of the molecule is CCC1CN(Cc2cc(C(CC(=O)O)c3c(C)cc(F)cc3CN(C)C)ccc2C)S(O)(O)c2ccccc2O1. The van der Waals surface area contributed by atoms with Gasteiger partial charge < -0.3 is 14.7 Å². The third kappa shape index (κ3) is 6.50. The summed E-state index contributed by atoms with van der Waals surface area (Å²) in [6, 6.07) is 15.8. The number of hydrogen-bond acceptors (Lipinski definition) is 6. The van der Waals surface area contributed by atoms with E-state index in [1.807, 2.05) is 64.0 Å². The molecule has 0 saturated heterocycles. The van der Waals surface area contributed by atoms with Crippen LogP contribution in [0.2, 0.25) is 0 Å². The number of benzene rings is 3. The van der Waals surface area contributed by atoms with Gasteiger partial charge in [-0.3, -0.25) is 13.9 Å². The fourth-order valence-corrected chi connectivity index (χ4v) is 7.07. The van der Waals surface area contributed by atoms with Gasteiger partial charge in [0.1, 0.15) is 22.6 Å². The standard InChI is InChI=1S/C31H39FN2O5S/c1-6-26-19-34(40(37,38)29-10-8-7-9-28(29)39-26)18-23-14-22(12-11-20(23)2)27(16-30(35)36)31-21(3)13-25(32)15-24(31)17-33(4)5/h7-15,26-27,37-38H,6,16-19H2,1-5H3,(H,35,36). The molecule has 1 aliphatic heterocycles. The van der Waals surface area contributed by atoms with Crippen molar-refractivity contribution in [3.05, 3.63) is 93.8 Å². The molecule has 0 bridgehead atoms. The Kier molecular flexibility index (Phi) is 9.22. The van der Waals surface area contributed by atoms with Crippen molar-refractivity contribution in [3.8, 4) is 5.75 Å². The molecule has 1 aliphatic rings. The summed E-state index contributed by atoms with van der Waals surface area (Å²) in [7, 11) is 0.442. The third-order valence-electron chi connectivity index (χ3n) is 7.43. The highest BCUT2D eigenvalue weighted by molar-refractivity contribution is 8.22. The van der Waals surface area contributed by atoms with Crippen molar-refractivity contribution < 1.29 is 28.1 Å². The Hall–Kier alpha value is -2.95. The number of carboxylic acids is 1. The summed E-state index contributed by atoms with van der Waals surface area (Å²) < 4.78 is 45.2. The van der Waals surface area contributed by atoms with E-state index < -0.39 is 22.7 Å².